The van der Waals surface area contributed by atoms with Gasteiger partial charge in [0.1, 0.15) is 17.5 Å². The third kappa shape index (κ3) is 3.32. The number of anilines is 2. The summed E-state index contributed by atoms with van der Waals surface area (Å²) in [4.78, 5) is 8.98. The molecule has 1 fully saturated rings. The second kappa shape index (κ2) is 5.84. The van der Waals surface area contributed by atoms with Crippen LogP contribution < -0.4 is 10.6 Å². The van der Waals surface area contributed by atoms with Crippen LogP contribution in [0.25, 0.3) is 0 Å². The molecule has 0 bridgehead atoms. The summed E-state index contributed by atoms with van der Waals surface area (Å²) >= 11 is 0. The van der Waals surface area contributed by atoms with E-state index in [0.29, 0.717) is 0 Å². The van der Waals surface area contributed by atoms with Gasteiger partial charge in [0.25, 0.3) is 0 Å². The lowest BCUT2D eigenvalue weighted by Crippen LogP contribution is -2.21. The van der Waals surface area contributed by atoms with E-state index >= 15 is 0 Å². The zero-order chi connectivity index (χ0) is 12.1. The summed E-state index contributed by atoms with van der Waals surface area (Å²) in [5, 5.41) is 6.52. The molecule has 1 aromatic rings. The second-order valence-electron chi connectivity index (χ2n) is 4.73. The average Bonchev–Trinajstić information content (AvgIpc) is 2.27. The van der Waals surface area contributed by atoms with Crippen molar-refractivity contribution in [2.45, 2.75) is 39.0 Å². The van der Waals surface area contributed by atoms with Crippen LogP contribution in [0.1, 0.15) is 38.4 Å². The predicted molar refractivity (Wildman–Crippen MR) is 71.4 cm³/mol. The van der Waals surface area contributed by atoms with Crippen LogP contribution in [0.2, 0.25) is 0 Å². The van der Waals surface area contributed by atoms with E-state index in [4.69, 9.17) is 0 Å². The van der Waals surface area contributed by atoms with Crippen molar-refractivity contribution in [1.29, 1.82) is 0 Å². The minimum absolute atomic E-state index is 0.845. The maximum atomic E-state index is 4.54. The average molecular weight is 234 g/mol. The molecule has 0 unspecified atom stereocenters. The van der Waals surface area contributed by atoms with Gasteiger partial charge in [0.05, 0.1) is 0 Å². The molecule has 0 aromatic carbocycles. The van der Waals surface area contributed by atoms with Crippen LogP contribution >= 0.6 is 0 Å². The monoisotopic (exact) mass is 234 g/mol. The fraction of sp³-hybridized carbons (Fsp3) is 0.692. The molecule has 0 radical (unpaired) electrons. The highest BCUT2D eigenvalue weighted by Crippen LogP contribution is 2.26. The van der Waals surface area contributed by atoms with Crippen LogP contribution in [-0.2, 0) is 6.42 Å². The van der Waals surface area contributed by atoms with Crippen LogP contribution in [0.3, 0.4) is 0 Å². The summed E-state index contributed by atoms with van der Waals surface area (Å²) in [7, 11) is 1.90. The first-order chi connectivity index (χ1) is 8.31. The van der Waals surface area contributed by atoms with Crippen molar-refractivity contribution in [2.24, 2.45) is 5.92 Å². The Bertz CT molecular complexity index is 360. The molecule has 0 spiro atoms. The number of nitrogens with one attached hydrogen (secondary N) is 2. The van der Waals surface area contributed by atoms with Gasteiger partial charge >= 0.3 is 0 Å². The molecular formula is C13H22N4. The van der Waals surface area contributed by atoms with E-state index in [1.165, 1.54) is 19.3 Å². The Hall–Kier alpha value is -1.32. The number of aryl methyl sites for hydroxylation is 1. The maximum absolute atomic E-state index is 4.54. The van der Waals surface area contributed by atoms with E-state index in [9.17, 15) is 0 Å². The molecule has 0 atom stereocenters. The van der Waals surface area contributed by atoms with Gasteiger partial charge < -0.3 is 10.6 Å². The highest BCUT2D eigenvalue weighted by Gasteiger charge is 2.17. The molecule has 2 N–H and O–H groups in total. The fourth-order valence-electron chi connectivity index (χ4n) is 2.00. The molecule has 1 heterocycles. The van der Waals surface area contributed by atoms with Crippen molar-refractivity contribution in [3.8, 4) is 0 Å². The molecule has 0 aliphatic heterocycles. The predicted octanol–water partition coefficient (Wildman–Crippen LogP) is 2.68. The van der Waals surface area contributed by atoms with Crippen molar-refractivity contribution in [2.75, 3.05) is 24.2 Å². The quantitative estimate of drug-likeness (QED) is 0.794. The van der Waals surface area contributed by atoms with E-state index in [-0.39, 0.29) is 0 Å². The summed E-state index contributed by atoms with van der Waals surface area (Å²) in [5.74, 6) is 3.63. The molecule has 1 aromatic heterocycles. The minimum Gasteiger partial charge on any atom is -0.373 e. The second-order valence-corrected chi connectivity index (χ2v) is 4.73. The molecule has 4 heteroatoms. The summed E-state index contributed by atoms with van der Waals surface area (Å²) in [5.41, 5.74) is 0. The van der Waals surface area contributed by atoms with Gasteiger partial charge in [-0.3, -0.25) is 0 Å². The first-order valence-electron chi connectivity index (χ1n) is 6.61. The van der Waals surface area contributed by atoms with Crippen molar-refractivity contribution >= 4 is 11.6 Å². The Morgan fingerprint density at radius 1 is 1.29 bits per heavy atom. The number of aromatic nitrogens is 2. The summed E-state index contributed by atoms with van der Waals surface area (Å²) in [6.07, 6.45) is 6.12. The van der Waals surface area contributed by atoms with Crippen molar-refractivity contribution in [1.82, 2.24) is 9.97 Å². The van der Waals surface area contributed by atoms with E-state index in [0.717, 1.165) is 42.8 Å². The Morgan fingerprint density at radius 2 is 2.06 bits per heavy atom. The van der Waals surface area contributed by atoms with Gasteiger partial charge in [0, 0.05) is 26.1 Å². The van der Waals surface area contributed by atoms with Gasteiger partial charge in [-0.25, -0.2) is 9.97 Å². The molecule has 1 aliphatic rings. The lowest BCUT2D eigenvalue weighted by atomic mass is 9.85. The van der Waals surface area contributed by atoms with Gasteiger partial charge in [-0.2, -0.15) is 0 Å². The van der Waals surface area contributed by atoms with E-state index in [1.807, 2.05) is 13.1 Å². The molecule has 1 aliphatic carbocycles. The molecule has 1 saturated carbocycles. The molecule has 2 rings (SSSR count). The standard InChI is InChI=1S/C13H22N4/c1-3-5-11-16-12(14-2)8-13(17-11)15-9-10-6-4-7-10/h8,10H,3-7,9H2,1-2H3,(H2,14,15,16,17). The van der Waals surface area contributed by atoms with Gasteiger partial charge in [0.15, 0.2) is 0 Å². The van der Waals surface area contributed by atoms with Gasteiger partial charge in [-0.1, -0.05) is 13.3 Å². The normalized spacial score (nSPS) is 15.4. The zero-order valence-corrected chi connectivity index (χ0v) is 10.8. The first kappa shape index (κ1) is 12.1. The first-order valence-corrected chi connectivity index (χ1v) is 6.61. The number of hydrogen-bond acceptors (Lipinski definition) is 4. The number of hydrogen-bond donors (Lipinski definition) is 2. The van der Waals surface area contributed by atoms with Crippen molar-refractivity contribution < 1.29 is 0 Å². The minimum atomic E-state index is 0.845. The Labute approximate surface area is 103 Å². The summed E-state index contributed by atoms with van der Waals surface area (Å²) in [6, 6.07) is 1.98. The van der Waals surface area contributed by atoms with Crippen LogP contribution in [0.15, 0.2) is 6.07 Å². The molecule has 0 amide bonds. The molecule has 0 saturated heterocycles. The van der Waals surface area contributed by atoms with Gasteiger partial charge in [-0.15, -0.1) is 0 Å². The van der Waals surface area contributed by atoms with E-state index in [1.54, 1.807) is 0 Å². The highest BCUT2D eigenvalue weighted by atomic mass is 15.1. The van der Waals surface area contributed by atoms with Crippen LogP contribution in [-0.4, -0.2) is 23.6 Å². The molecule has 94 valence electrons. The molecule has 17 heavy (non-hydrogen) atoms. The smallest absolute Gasteiger partial charge is 0.133 e. The van der Waals surface area contributed by atoms with Gasteiger partial charge in [0.2, 0.25) is 0 Å². The van der Waals surface area contributed by atoms with Crippen molar-refractivity contribution in [3.63, 3.8) is 0 Å². The van der Waals surface area contributed by atoms with Crippen molar-refractivity contribution in [3.05, 3.63) is 11.9 Å². The third-order valence-electron chi connectivity index (χ3n) is 3.30. The zero-order valence-electron chi connectivity index (χ0n) is 10.8. The summed E-state index contributed by atoms with van der Waals surface area (Å²) in [6.45, 7) is 3.20. The number of rotatable bonds is 6. The Kier molecular flexibility index (Phi) is 4.18. The van der Waals surface area contributed by atoms with Crippen LogP contribution in [0.5, 0.6) is 0 Å². The topological polar surface area (TPSA) is 49.8 Å². The fourth-order valence-corrected chi connectivity index (χ4v) is 2.00. The van der Waals surface area contributed by atoms with Crippen LogP contribution in [0.4, 0.5) is 11.6 Å². The van der Waals surface area contributed by atoms with E-state index in [2.05, 4.69) is 27.5 Å². The molecular weight excluding hydrogens is 212 g/mol. The lowest BCUT2D eigenvalue weighted by molar-refractivity contribution is 0.333. The number of nitrogens with zero attached hydrogens (tertiary/aromatic N) is 2. The van der Waals surface area contributed by atoms with Crippen LogP contribution in [0, 0.1) is 5.92 Å². The molecule has 4 nitrogen and oxygen atoms in total. The van der Waals surface area contributed by atoms with Gasteiger partial charge in [-0.05, 0) is 25.2 Å². The Balaban J connectivity index is 2.00. The lowest BCUT2D eigenvalue weighted by Gasteiger charge is -2.25. The SMILES string of the molecule is CCCc1nc(NC)cc(NCC2CCC2)n1. The Morgan fingerprint density at radius 3 is 2.65 bits per heavy atom. The van der Waals surface area contributed by atoms with E-state index < -0.39 is 0 Å². The summed E-state index contributed by atoms with van der Waals surface area (Å²) < 4.78 is 0. The largest absolute Gasteiger partial charge is 0.373 e. The third-order valence-corrected chi connectivity index (χ3v) is 3.30. The maximum Gasteiger partial charge on any atom is 0.133 e. The highest BCUT2D eigenvalue weighted by molar-refractivity contribution is 5.47.